The summed E-state index contributed by atoms with van der Waals surface area (Å²) >= 11 is 0. The minimum absolute atomic E-state index is 0.0899. The average Bonchev–Trinajstić information content (AvgIpc) is 2.67. The summed E-state index contributed by atoms with van der Waals surface area (Å²) in [7, 11) is 1.66. The number of hydrogen-bond acceptors (Lipinski definition) is 3. The largest absolute Gasteiger partial charge is 0.352 e. The van der Waals surface area contributed by atoms with Crippen LogP contribution in [0.3, 0.4) is 0 Å². The standard InChI is InChI=1S/C22H35N5O2/c1-22(2,3)27-19(28)15-25-21(23-4)24-14-16-9-8-12-18(13-16)26-20(29)17-10-6-5-7-11-17/h8-9,12-13,17H,5-7,10-11,14-15H2,1-4H3,(H,26,29)(H,27,28)(H2,23,24,25). The average molecular weight is 402 g/mol. The Morgan fingerprint density at radius 1 is 1.10 bits per heavy atom. The summed E-state index contributed by atoms with van der Waals surface area (Å²) in [6.07, 6.45) is 5.48. The quantitative estimate of drug-likeness (QED) is 0.435. The summed E-state index contributed by atoms with van der Waals surface area (Å²) in [6.45, 7) is 6.51. The number of hydrogen-bond donors (Lipinski definition) is 4. The molecule has 7 nitrogen and oxygen atoms in total. The van der Waals surface area contributed by atoms with Gasteiger partial charge in [0, 0.05) is 30.7 Å². The van der Waals surface area contributed by atoms with Crippen LogP contribution in [-0.2, 0) is 16.1 Å². The highest BCUT2D eigenvalue weighted by molar-refractivity contribution is 5.92. The summed E-state index contributed by atoms with van der Waals surface area (Å²) in [5.41, 5.74) is 1.57. The van der Waals surface area contributed by atoms with Crippen molar-refractivity contribution in [3.8, 4) is 0 Å². The molecule has 1 saturated carbocycles. The van der Waals surface area contributed by atoms with E-state index in [4.69, 9.17) is 0 Å². The zero-order valence-electron chi connectivity index (χ0n) is 18.1. The molecule has 160 valence electrons. The Kier molecular flexibility index (Phi) is 8.49. The van der Waals surface area contributed by atoms with Gasteiger partial charge in [0.05, 0.1) is 6.54 Å². The number of carbonyl (C=O) groups is 2. The molecular weight excluding hydrogens is 366 g/mol. The van der Waals surface area contributed by atoms with Crippen molar-refractivity contribution in [2.75, 3.05) is 18.9 Å². The first kappa shape index (κ1) is 22.7. The molecule has 1 aromatic carbocycles. The zero-order valence-corrected chi connectivity index (χ0v) is 18.1. The van der Waals surface area contributed by atoms with Gasteiger partial charge < -0.3 is 21.3 Å². The Balaban J connectivity index is 1.82. The van der Waals surface area contributed by atoms with Crippen molar-refractivity contribution in [3.63, 3.8) is 0 Å². The van der Waals surface area contributed by atoms with E-state index >= 15 is 0 Å². The topological polar surface area (TPSA) is 94.6 Å². The van der Waals surface area contributed by atoms with Gasteiger partial charge in [0.15, 0.2) is 5.96 Å². The van der Waals surface area contributed by atoms with Crippen molar-refractivity contribution in [2.24, 2.45) is 10.9 Å². The fourth-order valence-electron chi connectivity index (χ4n) is 3.40. The molecular formula is C22H35N5O2. The van der Waals surface area contributed by atoms with Crippen LogP contribution >= 0.6 is 0 Å². The van der Waals surface area contributed by atoms with Crippen LogP contribution in [0.4, 0.5) is 5.69 Å². The Bertz CT molecular complexity index is 718. The molecule has 0 bridgehead atoms. The maximum atomic E-state index is 12.4. The van der Waals surface area contributed by atoms with E-state index in [0.717, 1.165) is 36.9 Å². The van der Waals surface area contributed by atoms with Crippen molar-refractivity contribution in [2.45, 2.75) is 65.0 Å². The minimum atomic E-state index is -0.266. The number of rotatable bonds is 6. The first-order chi connectivity index (χ1) is 13.8. The van der Waals surface area contributed by atoms with Gasteiger partial charge in [-0.05, 0) is 51.3 Å². The van der Waals surface area contributed by atoms with Crippen LogP contribution in [0.5, 0.6) is 0 Å². The number of carbonyl (C=O) groups excluding carboxylic acids is 2. The monoisotopic (exact) mass is 401 g/mol. The number of guanidine groups is 1. The van der Waals surface area contributed by atoms with Crippen molar-refractivity contribution < 1.29 is 9.59 Å². The molecule has 2 amide bonds. The number of anilines is 1. The molecule has 0 spiro atoms. The maximum Gasteiger partial charge on any atom is 0.239 e. The van der Waals surface area contributed by atoms with Crippen LogP contribution in [0.15, 0.2) is 29.3 Å². The molecule has 1 aliphatic rings. The molecule has 0 radical (unpaired) electrons. The smallest absolute Gasteiger partial charge is 0.239 e. The lowest BCUT2D eigenvalue weighted by atomic mass is 9.88. The van der Waals surface area contributed by atoms with E-state index in [1.807, 2.05) is 45.0 Å². The van der Waals surface area contributed by atoms with E-state index in [0.29, 0.717) is 12.5 Å². The molecule has 29 heavy (non-hydrogen) atoms. The van der Waals surface area contributed by atoms with Crippen molar-refractivity contribution in [1.82, 2.24) is 16.0 Å². The molecule has 0 aromatic heterocycles. The molecule has 0 unspecified atom stereocenters. The minimum Gasteiger partial charge on any atom is -0.352 e. The zero-order chi connectivity index (χ0) is 21.3. The molecule has 0 heterocycles. The van der Waals surface area contributed by atoms with Gasteiger partial charge in [-0.1, -0.05) is 31.4 Å². The Labute approximate surface area is 174 Å². The van der Waals surface area contributed by atoms with Crippen LogP contribution < -0.4 is 21.3 Å². The molecule has 7 heteroatoms. The summed E-state index contributed by atoms with van der Waals surface area (Å²) in [4.78, 5) is 28.5. The van der Waals surface area contributed by atoms with E-state index < -0.39 is 0 Å². The highest BCUT2D eigenvalue weighted by Crippen LogP contribution is 2.25. The van der Waals surface area contributed by atoms with Crippen LogP contribution in [0.1, 0.15) is 58.4 Å². The molecule has 0 aliphatic heterocycles. The van der Waals surface area contributed by atoms with E-state index in [9.17, 15) is 9.59 Å². The molecule has 0 saturated heterocycles. The van der Waals surface area contributed by atoms with Gasteiger partial charge in [0.2, 0.25) is 11.8 Å². The fourth-order valence-corrected chi connectivity index (χ4v) is 3.40. The number of amides is 2. The second-order valence-corrected chi connectivity index (χ2v) is 8.60. The van der Waals surface area contributed by atoms with Gasteiger partial charge in [-0.25, -0.2) is 0 Å². The summed E-state index contributed by atoms with van der Waals surface area (Å²) in [6, 6.07) is 7.80. The van der Waals surface area contributed by atoms with Gasteiger partial charge in [0.1, 0.15) is 0 Å². The lowest BCUT2D eigenvalue weighted by Crippen LogP contribution is -2.48. The van der Waals surface area contributed by atoms with Gasteiger partial charge >= 0.3 is 0 Å². The first-order valence-electron chi connectivity index (χ1n) is 10.4. The molecule has 1 fully saturated rings. The van der Waals surface area contributed by atoms with E-state index in [1.54, 1.807) is 7.05 Å². The molecule has 0 atom stereocenters. The Morgan fingerprint density at radius 3 is 2.48 bits per heavy atom. The van der Waals surface area contributed by atoms with Crippen LogP contribution in [0.2, 0.25) is 0 Å². The number of nitrogens with zero attached hydrogens (tertiary/aromatic N) is 1. The van der Waals surface area contributed by atoms with E-state index in [-0.39, 0.29) is 29.8 Å². The van der Waals surface area contributed by atoms with Crippen LogP contribution in [0.25, 0.3) is 0 Å². The van der Waals surface area contributed by atoms with Gasteiger partial charge in [-0.15, -0.1) is 0 Å². The third-order valence-electron chi connectivity index (χ3n) is 4.78. The summed E-state index contributed by atoms with van der Waals surface area (Å²) in [5.74, 6) is 0.712. The highest BCUT2D eigenvalue weighted by Gasteiger charge is 2.21. The summed E-state index contributed by atoms with van der Waals surface area (Å²) < 4.78 is 0. The van der Waals surface area contributed by atoms with Crippen molar-refractivity contribution in [3.05, 3.63) is 29.8 Å². The lowest BCUT2D eigenvalue weighted by molar-refractivity contribution is -0.121. The number of aliphatic imine (C=N–C) groups is 1. The molecule has 2 rings (SSSR count). The number of nitrogens with one attached hydrogen (secondary N) is 4. The van der Waals surface area contributed by atoms with Gasteiger partial charge in [-0.2, -0.15) is 0 Å². The Hall–Kier alpha value is -2.57. The lowest BCUT2D eigenvalue weighted by Gasteiger charge is -2.21. The summed E-state index contributed by atoms with van der Waals surface area (Å²) in [5, 5.41) is 12.2. The highest BCUT2D eigenvalue weighted by atomic mass is 16.2. The second kappa shape index (κ2) is 10.8. The van der Waals surface area contributed by atoms with Crippen molar-refractivity contribution >= 4 is 23.5 Å². The van der Waals surface area contributed by atoms with Gasteiger partial charge in [-0.3, -0.25) is 14.6 Å². The first-order valence-corrected chi connectivity index (χ1v) is 10.4. The molecule has 4 N–H and O–H groups in total. The predicted octanol–water partition coefficient (Wildman–Crippen LogP) is 2.79. The maximum absolute atomic E-state index is 12.4. The van der Waals surface area contributed by atoms with Crippen LogP contribution in [0, 0.1) is 5.92 Å². The second-order valence-electron chi connectivity index (χ2n) is 8.60. The van der Waals surface area contributed by atoms with E-state index in [2.05, 4.69) is 26.3 Å². The SMILES string of the molecule is CN=C(NCC(=O)NC(C)(C)C)NCc1cccc(NC(=O)C2CCCCC2)c1. The third-order valence-corrected chi connectivity index (χ3v) is 4.78. The number of benzene rings is 1. The molecule has 1 aliphatic carbocycles. The fraction of sp³-hybridized carbons (Fsp3) is 0.591. The van der Waals surface area contributed by atoms with Crippen molar-refractivity contribution in [1.29, 1.82) is 0 Å². The molecule has 1 aromatic rings. The third kappa shape index (κ3) is 8.54. The van der Waals surface area contributed by atoms with E-state index in [1.165, 1.54) is 6.42 Å². The predicted molar refractivity (Wildman–Crippen MR) is 118 cm³/mol. The Morgan fingerprint density at radius 2 is 1.83 bits per heavy atom. The van der Waals surface area contributed by atoms with Gasteiger partial charge in [0.25, 0.3) is 0 Å². The normalized spacial score (nSPS) is 15.5. The van der Waals surface area contributed by atoms with Crippen LogP contribution in [-0.4, -0.2) is 36.9 Å².